The average molecular weight is 237 g/mol. The highest BCUT2D eigenvalue weighted by atomic mass is 16.5. The van der Waals surface area contributed by atoms with Gasteiger partial charge in [-0.15, -0.1) is 0 Å². The van der Waals surface area contributed by atoms with Crippen LogP contribution in [0.4, 0.5) is 0 Å². The zero-order valence-corrected chi connectivity index (χ0v) is 11.0. The summed E-state index contributed by atoms with van der Waals surface area (Å²) in [6.07, 6.45) is 0. The molecular weight excluding hydrogens is 218 g/mol. The van der Waals surface area contributed by atoms with Gasteiger partial charge in [0.25, 0.3) is 0 Å². The zero-order valence-electron chi connectivity index (χ0n) is 11.0. The molecule has 1 rings (SSSR count). The first-order valence-corrected chi connectivity index (χ1v) is 5.42. The van der Waals surface area contributed by atoms with Crippen molar-refractivity contribution in [3.8, 4) is 11.5 Å². The average Bonchev–Trinajstić information content (AvgIpc) is 2.36. The second-order valence-corrected chi connectivity index (χ2v) is 4.27. The summed E-state index contributed by atoms with van der Waals surface area (Å²) in [4.78, 5) is 12.3. The van der Waals surface area contributed by atoms with Crippen molar-refractivity contribution in [2.75, 3.05) is 21.3 Å². The van der Waals surface area contributed by atoms with E-state index < -0.39 is 5.54 Å². The number of rotatable bonds is 5. The number of ether oxygens (including phenoxy) is 2. The maximum absolute atomic E-state index is 12.3. The predicted octanol–water partition coefficient (Wildman–Crippen LogP) is 1.88. The summed E-state index contributed by atoms with van der Waals surface area (Å²) >= 11 is 0. The van der Waals surface area contributed by atoms with Gasteiger partial charge in [0, 0.05) is 6.07 Å². The van der Waals surface area contributed by atoms with Crippen LogP contribution in [0.15, 0.2) is 18.2 Å². The van der Waals surface area contributed by atoms with Gasteiger partial charge in [-0.05, 0) is 33.0 Å². The molecule has 0 spiro atoms. The van der Waals surface area contributed by atoms with Crippen LogP contribution in [-0.2, 0) is 0 Å². The Kier molecular flexibility index (Phi) is 4.12. The van der Waals surface area contributed by atoms with E-state index in [1.807, 2.05) is 13.8 Å². The van der Waals surface area contributed by atoms with Gasteiger partial charge in [0.05, 0.1) is 25.3 Å². The third-order valence-corrected chi connectivity index (χ3v) is 2.85. The van der Waals surface area contributed by atoms with Crippen LogP contribution in [0, 0.1) is 0 Å². The highest BCUT2D eigenvalue weighted by Crippen LogP contribution is 2.27. The maximum Gasteiger partial charge on any atom is 0.185 e. The Morgan fingerprint density at radius 3 is 2.35 bits per heavy atom. The Balaban J connectivity index is 3.18. The Hall–Kier alpha value is -1.55. The zero-order chi connectivity index (χ0) is 13.1. The van der Waals surface area contributed by atoms with Gasteiger partial charge in [-0.2, -0.15) is 0 Å². The van der Waals surface area contributed by atoms with Crippen LogP contribution in [0.5, 0.6) is 11.5 Å². The van der Waals surface area contributed by atoms with Crippen molar-refractivity contribution in [3.63, 3.8) is 0 Å². The lowest BCUT2D eigenvalue weighted by Crippen LogP contribution is -2.44. The number of benzene rings is 1. The summed E-state index contributed by atoms with van der Waals surface area (Å²) in [5.41, 5.74) is -0.0744. The van der Waals surface area contributed by atoms with Gasteiger partial charge in [0.2, 0.25) is 0 Å². The Labute approximate surface area is 102 Å². The summed E-state index contributed by atoms with van der Waals surface area (Å²) < 4.78 is 10.3. The topological polar surface area (TPSA) is 47.6 Å². The van der Waals surface area contributed by atoms with Gasteiger partial charge in [-0.3, -0.25) is 4.79 Å². The minimum Gasteiger partial charge on any atom is -0.497 e. The van der Waals surface area contributed by atoms with E-state index in [1.165, 1.54) is 7.11 Å². The SMILES string of the molecule is CNC(C)(C)C(=O)c1ccc(OC)cc1OC. The molecule has 4 heteroatoms. The molecule has 0 amide bonds. The summed E-state index contributed by atoms with van der Waals surface area (Å²) in [5.74, 6) is 1.18. The number of Topliss-reactive ketones (excluding diaryl/α,β-unsaturated/α-hetero) is 1. The Morgan fingerprint density at radius 2 is 1.88 bits per heavy atom. The van der Waals surface area contributed by atoms with Crippen LogP contribution in [-0.4, -0.2) is 32.6 Å². The molecule has 94 valence electrons. The second kappa shape index (κ2) is 5.19. The molecule has 0 saturated carbocycles. The van der Waals surface area contributed by atoms with E-state index >= 15 is 0 Å². The molecule has 0 radical (unpaired) electrons. The van der Waals surface area contributed by atoms with Crippen LogP contribution in [0.25, 0.3) is 0 Å². The monoisotopic (exact) mass is 237 g/mol. The summed E-state index contributed by atoms with van der Waals surface area (Å²) in [6, 6.07) is 5.18. The van der Waals surface area contributed by atoms with Gasteiger partial charge < -0.3 is 14.8 Å². The van der Waals surface area contributed by atoms with E-state index in [2.05, 4.69) is 5.32 Å². The molecule has 0 fully saturated rings. The van der Waals surface area contributed by atoms with Crippen molar-refractivity contribution in [3.05, 3.63) is 23.8 Å². The fraction of sp³-hybridized carbons (Fsp3) is 0.462. The first-order valence-electron chi connectivity index (χ1n) is 5.42. The number of hydrogen-bond acceptors (Lipinski definition) is 4. The van der Waals surface area contributed by atoms with Crippen molar-refractivity contribution >= 4 is 5.78 Å². The largest absolute Gasteiger partial charge is 0.497 e. The van der Waals surface area contributed by atoms with Gasteiger partial charge >= 0.3 is 0 Å². The van der Waals surface area contributed by atoms with Crippen molar-refractivity contribution in [2.45, 2.75) is 19.4 Å². The molecule has 4 nitrogen and oxygen atoms in total. The van der Waals surface area contributed by atoms with Crippen LogP contribution < -0.4 is 14.8 Å². The highest BCUT2D eigenvalue weighted by Gasteiger charge is 2.28. The van der Waals surface area contributed by atoms with E-state index in [-0.39, 0.29) is 5.78 Å². The lowest BCUT2D eigenvalue weighted by Gasteiger charge is -2.23. The molecule has 0 heterocycles. The molecule has 0 aliphatic heterocycles. The van der Waals surface area contributed by atoms with E-state index in [0.717, 1.165) is 0 Å². The van der Waals surface area contributed by atoms with E-state index in [0.29, 0.717) is 17.1 Å². The normalized spacial score (nSPS) is 11.1. The number of ketones is 1. The lowest BCUT2D eigenvalue weighted by molar-refractivity contribution is 0.0886. The number of carbonyl (C=O) groups is 1. The predicted molar refractivity (Wildman–Crippen MR) is 67.0 cm³/mol. The van der Waals surface area contributed by atoms with Crippen molar-refractivity contribution < 1.29 is 14.3 Å². The van der Waals surface area contributed by atoms with E-state index in [9.17, 15) is 4.79 Å². The first-order chi connectivity index (χ1) is 7.96. The van der Waals surface area contributed by atoms with Crippen LogP contribution in [0.2, 0.25) is 0 Å². The van der Waals surface area contributed by atoms with Gasteiger partial charge in [0.1, 0.15) is 11.5 Å². The third kappa shape index (κ3) is 2.77. The van der Waals surface area contributed by atoms with Crippen LogP contribution in [0.1, 0.15) is 24.2 Å². The molecule has 0 unspecified atom stereocenters. The van der Waals surface area contributed by atoms with Gasteiger partial charge in [0.15, 0.2) is 5.78 Å². The molecule has 1 aromatic carbocycles. The van der Waals surface area contributed by atoms with Gasteiger partial charge in [-0.1, -0.05) is 0 Å². The molecule has 0 aromatic heterocycles. The van der Waals surface area contributed by atoms with E-state index in [4.69, 9.17) is 9.47 Å². The molecule has 0 atom stereocenters. The second-order valence-electron chi connectivity index (χ2n) is 4.27. The maximum atomic E-state index is 12.3. The number of nitrogens with one attached hydrogen (secondary N) is 1. The molecule has 1 aromatic rings. The van der Waals surface area contributed by atoms with Gasteiger partial charge in [-0.25, -0.2) is 0 Å². The summed E-state index contributed by atoms with van der Waals surface area (Å²) in [6.45, 7) is 3.66. The van der Waals surface area contributed by atoms with Crippen LogP contribution in [0.3, 0.4) is 0 Å². The number of carbonyl (C=O) groups excluding carboxylic acids is 1. The third-order valence-electron chi connectivity index (χ3n) is 2.85. The standard InChI is InChI=1S/C13H19NO3/c1-13(2,14-3)12(15)10-7-6-9(16-4)8-11(10)17-5/h6-8,14H,1-5H3. The van der Waals surface area contributed by atoms with E-state index in [1.54, 1.807) is 32.4 Å². The number of hydrogen-bond donors (Lipinski definition) is 1. The van der Waals surface area contributed by atoms with Crippen molar-refractivity contribution in [2.24, 2.45) is 0 Å². The van der Waals surface area contributed by atoms with Crippen LogP contribution >= 0.6 is 0 Å². The smallest absolute Gasteiger partial charge is 0.185 e. The van der Waals surface area contributed by atoms with Crippen molar-refractivity contribution in [1.29, 1.82) is 0 Å². The highest BCUT2D eigenvalue weighted by molar-refractivity contribution is 6.04. The molecule has 1 N–H and O–H groups in total. The number of likely N-dealkylation sites (N-methyl/N-ethyl adjacent to an activating group) is 1. The summed E-state index contributed by atoms with van der Waals surface area (Å²) in [5, 5.41) is 2.98. The first kappa shape index (κ1) is 13.5. The fourth-order valence-corrected chi connectivity index (χ4v) is 1.44. The molecule has 0 aliphatic carbocycles. The quantitative estimate of drug-likeness (QED) is 0.794. The number of methoxy groups -OCH3 is 2. The Morgan fingerprint density at radius 1 is 1.24 bits per heavy atom. The molecule has 17 heavy (non-hydrogen) atoms. The minimum absolute atomic E-state index is 0.0143. The molecule has 0 bridgehead atoms. The Bertz CT molecular complexity index is 413. The molecular formula is C13H19NO3. The summed E-state index contributed by atoms with van der Waals surface area (Å²) in [7, 11) is 4.87. The fourth-order valence-electron chi connectivity index (χ4n) is 1.44. The van der Waals surface area contributed by atoms with Crippen molar-refractivity contribution in [1.82, 2.24) is 5.32 Å². The molecule has 0 aliphatic rings. The molecule has 0 saturated heterocycles. The minimum atomic E-state index is -0.623. The lowest BCUT2D eigenvalue weighted by atomic mass is 9.93.